The number of anilines is 1. The average molecular weight is 444 g/mol. The fourth-order valence-electron chi connectivity index (χ4n) is 4.08. The Bertz CT molecular complexity index is 1140. The molecule has 4 rings (SSSR count). The van der Waals surface area contributed by atoms with E-state index in [1.165, 1.54) is 24.3 Å². The highest BCUT2D eigenvalue weighted by Crippen LogP contribution is 2.44. The molecular formula is C26H24N2O5. The molecule has 0 fully saturated rings. The maximum atomic E-state index is 12.4. The second-order valence-corrected chi connectivity index (χ2v) is 8.01. The lowest BCUT2D eigenvalue weighted by Gasteiger charge is -2.17. The Morgan fingerprint density at radius 2 is 1.48 bits per heavy atom. The number of nitrogens with one attached hydrogen (secondary N) is 2. The molecule has 0 aliphatic heterocycles. The SMILES string of the molecule is C[C@@H](CC(=O)Nc1ccc(C(=O)O)cc1)NC(=O)OCC1c2ccccc2-c2ccccc21. The monoisotopic (exact) mass is 444 g/mol. The van der Waals surface area contributed by atoms with E-state index in [-0.39, 0.29) is 30.4 Å². The molecule has 1 atom stereocenters. The molecule has 1 aliphatic rings. The van der Waals surface area contributed by atoms with E-state index in [9.17, 15) is 14.4 Å². The third-order valence-electron chi connectivity index (χ3n) is 5.62. The zero-order valence-corrected chi connectivity index (χ0v) is 18.1. The van der Waals surface area contributed by atoms with Crippen LogP contribution in [0.5, 0.6) is 0 Å². The van der Waals surface area contributed by atoms with Gasteiger partial charge in [-0.2, -0.15) is 0 Å². The summed E-state index contributed by atoms with van der Waals surface area (Å²) < 4.78 is 5.51. The maximum Gasteiger partial charge on any atom is 0.407 e. The van der Waals surface area contributed by atoms with E-state index in [0.717, 1.165) is 22.3 Å². The average Bonchev–Trinajstić information content (AvgIpc) is 3.11. The zero-order valence-electron chi connectivity index (χ0n) is 18.1. The van der Waals surface area contributed by atoms with Crippen molar-refractivity contribution < 1.29 is 24.2 Å². The number of alkyl carbamates (subject to hydrolysis) is 1. The summed E-state index contributed by atoms with van der Waals surface area (Å²) in [6, 6.07) is 21.6. The summed E-state index contributed by atoms with van der Waals surface area (Å²) in [7, 11) is 0. The first-order valence-electron chi connectivity index (χ1n) is 10.7. The third kappa shape index (κ3) is 5.03. The molecule has 0 unspecified atom stereocenters. The van der Waals surface area contributed by atoms with Gasteiger partial charge < -0.3 is 20.5 Å². The van der Waals surface area contributed by atoms with Gasteiger partial charge in [-0.1, -0.05) is 48.5 Å². The Morgan fingerprint density at radius 1 is 0.909 bits per heavy atom. The van der Waals surface area contributed by atoms with Crippen molar-refractivity contribution in [3.05, 3.63) is 89.5 Å². The molecule has 0 saturated carbocycles. The summed E-state index contributed by atoms with van der Waals surface area (Å²) in [4.78, 5) is 35.5. The number of fused-ring (bicyclic) bond motifs is 3. The highest BCUT2D eigenvalue weighted by atomic mass is 16.5. The Balaban J connectivity index is 1.28. The lowest BCUT2D eigenvalue weighted by Crippen LogP contribution is -2.36. The lowest BCUT2D eigenvalue weighted by atomic mass is 9.98. The van der Waals surface area contributed by atoms with Crippen molar-refractivity contribution >= 4 is 23.7 Å². The molecule has 3 aromatic rings. The van der Waals surface area contributed by atoms with Crippen LogP contribution in [0.1, 0.15) is 40.7 Å². The van der Waals surface area contributed by atoms with Crippen molar-refractivity contribution in [3.63, 3.8) is 0 Å². The van der Waals surface area contributed by atoms with Gasteiger partial charge in [0.2, 0.25) is 5.91 Å². The summed E-state index contributed by atoms with van der Waals surface area (Å²) >= 11 is 0. The second kappa shape index (κ2) is 9.56. The van der Waals surface area contributed by atoms with E-state index >= 15 is 0 Å². The Labute approximate surface area is 191 Å². The fraction of sp³-hybridized carbons (Fsp3) is 0.192. The topological polar surface area (TPSA) is 105 Å². The van der Waals surface area contributed by atoms with Gasteiger partial charge in [0.05, 0.1) is 5.56 Å². The molecular weight excluding hydrogens is 420 g/mol. The van der Waals surface area contributed by atoms with Crippen LogP contribution in [0.2, 0.25) is 0 Å². The van der Waals surface area contributed by atoms with Crippen LogP contribution in [0.15, 0.2) is 72.8 Å². The number of carboxylic acids is 1. The number of amides is 2. The minimum atomic E-state index is -1.03. The molecule has 168 valence electrons. The highest BCUT2D eigenvalue weighted by Gasteiger charge is 2.29. The van der Waals surface area contributed by atoms with E-state index in [0.29, 0.717) is 5.69 Å². The first kappa shape index (κ1) is 22.1. The molecule has 2 amide bonds. The standard InChI is InChI=1S/C26H24N2O5/c1-16(14-24(29)28-18-12-10-17(11-13-18)25(30)31)27-26(32)33-15-23-21-8-4-2-6-19(21)20-7-3-5-9-22(20)23/h2-13,16,23H,14-15H2,1H3,(H,27,32)(H,28,29)(H,30,31)/t16-/m0/s1. The number of hydrogen-bond donors (Lipinski definition) is 3. The van der Waals surface area contributed by atoms with Crippen LogP contribution in [0.25, 0.3) is 11.1 Å². The van der Waals surface area contributed by atoms with Gasteiger partial charge in [0.15, 0.2) is 0 Å². The van der Waals surface area contributed by atoms with E-state index in [1.807, 2.05) is 24.3 Å². The molecule has 0 bridgehead atoms. The number of benzene rings is 3. The van der Waals surface area contributed by atoms with Crippen molar-refractivity contribution in [1.82, 2.24) is 5.32 Å². The first-order valence-corrected chi connectivity index (χ1v) is 10.7. The maximum absolute atomic E-state index is 12.4. The largest absolute Gasteiger partial charge is 0.478 e. The summed E-state index contributed by atoms with van der Waals surface area (Å²) in [6.45, 7) is 1.92. The van der Waals surface area contributed by atoms with Gasteiger partial charge in [-0.15, -0.1) is 0 Å². The molecule has 0 saturated heterocycles. The van der Waals surface area contributed by atoms with Crippen LogP contribution in [0.4, 0.5) is 10.5 Å². The number of rotatable bonds is 7. The number of hydrogen-bond acceptors (Lipinski definition) is 4. The zero-order chi connectivity index (χ0) is 23.4. The predicted octanol–water partition coefficient (Wildman–Crippen LogP) is 4.64. The number of carbonyl (C=O) groups excluding carboxylic acids is 2. The minimum absolute atomic E-state index is 0.0319. The number of aromatic carboxylic acids is 1. The molecule has 0 spiro atoms. The van der Waals surface area contributed by atoms with Gasteiger partial charge in [0.1, 0.15) is 6.61 Å². The van der Waals surface area contributed by atoms with Crippen molar-refractivity contribution in [1.29, 1.82) is 0 Å². The molecule has 3 N–H and O–H groups in total. The fourth-order valence-corrected chi connectivity index (χ4v) is 4.08. The molecule has 7 heteroatoms. The quantitative estimate of drug-likeness (QED) is 0.492. The van der Waals surface area contributed by atoms with Crippen LogP contribution in [0, 0.1) is 0 Å². The van der Waals surface area contributed by atoms with Gasteiger partial charge in [-0.3, -0.25) is 4.79 Å². The van der Waals surface area contributed by atoms with Crippen LogP contribution >= 0.6 is 0 Å². The van der Waals surface area contributed by atoms with Gasteiger partial charge in [-0.25, -0.2) is 9.59 Å². The van der Waals surface area contributed by atoms with E-state index < -0.39 is 18.1 Å². The molecule has 3 aromatic carbocycles. The predicted molar refractivity (Wildman–Crippen MR) is 124 cm³/mol. The van der Waals surface area contributed by atoms with E-state index in [4.69, 9.17) is 9.84 Å². The van der Waals surface area contributed by atoms with E-state index in [2.05, 4.69) is 34.9 Å². The molecule has 1 aliphatic carbocycles. The Kier molecular flexibility index (Phi) is 6.40. The smallest absolute Gasteiger partial charge is 0.407 e. The molecule has 0 aromatic heterocycles. The van der Waals surface area contributed by atoms with E-state index in [1.54, 1.807) is 6.92 Å². The molecule has 0 radical (unpaired) electrons. The van der Waals surface area contributed by atoms with Crippen molar-refractivity contribution in [2.75, 3.05) is 11.9 Å². The number of ether oxygens (including phenoxy) is 1. The lowest BCUT2D eigenvalue weighted by molar-refractivity contribution is -0.116. The molecule has 7 nitrogen and oxygen atoms in total. The summed E-state index contributed by atoms with van der Waals surface area (Å²) in [5.41, 5.74) is 5.20. The Hall–Kier alpha value is -4.13. The van der Waals surface area contributed by atoms with Crippen LogP contribution in [-0.2, 0) is 9.53 Å². The van der Waals surface area contributed by atoms with Gasteiger partial charge in [-0.05, 0) is 53.4 Å². The Morgan fingerprint density at radius 3 is 2.06 bits per heavy atom. The first-order chi connectivity index (χ1) is 15.9. The third-order valence-corrected chi connectivity index (χ3v) is 5.62. The van der Waals surface area contributed by atoms with Gasteiger partial charge in [0.25, 0.3) is 0 Å². The molecule has 33 heavy (non-hydrogen) atoms. The van der Waals surface area contributed by atoms with Crippen LogP contribution in [0.3, 0.4) is 0 Å². The minimum Gasteiger partial charge on any atom is -0.478 e. The van der Waals surface area contributed by atoms with Gasteiger partial charge in [0, 0.05) is 24.1 Å². The number of carboxylic acid groups (broad SMARTS) is 1. The van der Waals surface area contributed by atoms with Crippen molar-refractivity contribution in [2.24, 2.45) is 0 Å². The van der Waals surface area contributed by atoms with Crippen LogP contribution in [-0.4, -0.2) is 35.7 Å². The van der Waals surface area contributed by atoms with Crippen molar-refractivity contribution in [2.45, 2.75) is 25.3 Å². The summed E-state index contributed by atoms with van der Waals surface area (Å²) in [5.74, 6) is -1.37. The number of carbonyl (C=O) groups is 3. The van der Waals surface area contributed by atoms with Crippen molar-refractivity contribution in [3.8, 4) is 11.1 Å². The summed E-state index contributed by atoms with van der Waals surface area (Å²) in [6.07, 6.45) is -0.534. The molecule has 0 heterocycles. The van der Waals surface area contributed by atoms with Gasteiger partial charge >= 0.3 is 12.1 Å². The van der Waals surface area contributed by atoms with Crippen LogP contribution < -0.4 is 10.6 Å². The second-order valence-electron chi connectivity index (χ2n) is 8.01. The normalized spacial score (nSPS) is 12.9. The highest BCUT2D eigenvalue weighted by molar-refractivity contribution is 5.93. The summed E-state index contributed by atoms with van der Waals surface area (Å²) in [5, 5.41) is 14.3.